The predicted octanol–water partition coefficient (Wildman–Crippen LogP) is 4.03. The largest absolute Gasteiger partial charge is 0.372 e. The number of aromatic amines is 1. The van der Waals surface area contributed by atoms with Crippen LogP contribution in [-0.4, -0.2) is 55.7 Å². The summed E-state index contributed by atoms with van der Waals surface area (Å²) < 4.78 is 0. The zero-order valence-electron chi connectivity index (χ0n) is 22.4. The molecule has 39 heavy (non-hydrogen) atoms. The van der Waals surface area contributed by atoms with Gasteiger partial charge in [-0.1, -0.05) is 30.4 Å². The highest BCUT2D eigenvalue weighted by Crippen LogP contribution is 2.28. The maximum Gasteiger partial charge on any atom is 0.250 e. The number of pyridine rings is 1. The number of carbonyl (C=O) groups excluding carboxylic acids is 1. The maximum absolute atomic E-state index is 13.2. The lowest BCUT2D eigenvalue weighted by atomic mass is 9.99. The first kappa shape index (κ1) is 28.7. The van der Waals surface area contributed by atoms with E-state index in [0.29, 0.717) is 30.5 Å². The van der Waals surface area contributed by atoms with Crippen LogP contribution in [0.2, 0.25) is 0 Å². The highest BCUT2D eigenvalue weighted by atomic mass is 35.5. The molecular formula is C30H37ClN6O2. The third-order valence-electron chi connectivity index (χ3n) is 7.48. The number of benzene rings is 1. The molecule has 3 atom stereocenters. The standard InChI is InChI=1S/C30H36N6O2.ClH/c1-20-8-11-25-26(17-20)34-28(33-25)27(18-21-12-14-32-15-13-21)35-30(2,38)23-6-3-5-22(9-10-23)29(37)36-16-4-7-24(36)19-31;/h3,6,8-15,17,24,27,35,38H,4-5,7,16,18-19,31H2,1-2H3,(H,33,34);1H/t24?,27-,30?;/m0./s1. The Kier molecular flexibility index (Phi) is 9.02. The van der Waals surface area contributed by atoms with Crippen molar-refractivity contribution >= 4 is 29.3 Å². The van der Waals surface area contributed by atoms with E-state index in [4.69, 9.17) is 10.7 Å². The first-order valence-electron chi connectivity index (χ1n) is 13.3. The Hall–Kier alpha value is -3.30. The number of H-pyrrole nitrogens is 1. The second kappa shape index (κ2) is 12.3. The van der Waals surface area contributed by atoms with E-state index in [-0.39, 0.29) is 30.4 Å². The molecule has 2 aliphatic rings. The van der Waals surface area contributed by atoms with Crippen LogP contribution in [0.25, 0.3) is 11.0 Å². The number of rotatable bonds is 8. The number of carbonyl (C=O) groups is 1. The smallest absolute Gasteiger partial charge is 0.250 e. The molecule has 0 radical (unpaired) electrons. The molecule has 5 N–H and O–H groups in total. The molecular weight excluding hydrogens is 512 g/mol. The van der Waals surface area contributed by atoms with Gasteiger partial charge in [0.25, 0.3) is 0 Å². The van der Waals surface area contributed by atoms with Crippen molar-refractivity contribution < 1.29 is 9.90 Å². The lowest BCUT2D eigenvalue weighted by Gasteiger charge is -2.31. The Morgan fingerprint density at radius 1 is 1.28 bits per heavy atom. The minimum absolute atomic E-state index is 0. The summed E-state index contributed by atoms with van der Waals surface area (Å²) in [6.45, 7) is 5.01. The van der Waals surface area contributed by atoms with Gasteiger partial charge in [-0.2, -0.15) is 0 Å². The topological polar surface area (TPSA) is 120 Å². The van der Waals surface area contributed by atoms with Crippen molar-refractivity contribution in [1.29, 1.82) is 0 Å². The van der Waals surface area contributed by atoms with Crippen LogP contribution in [-0.2, 0) is 11.2 Å². The molecule has 2 unspecified atom stereocenters. The molecule has 1 saturated heterocycles. The molecule has 1 aliphatic carbocycles. The number of hydrogen-bond acceptors (Lipinski definition) is 6. The molecule has 0 saturated carbocycles. The van der Waals surface area contributed by atoms with Gasteiger partial charge in [-0.3, -0.25) is 15.1 Å². The van der Waals surface area contributed by atoms with Crippen LogP contribution in [0.4, 0.5) is 0 Å². The number of aryl methyl sites for hydroxylation is 1. The number of halogens is 1. The minimum atomic E-state index is -1.38. The highest BCUT2D eigenvalue weighted by Gasteiger charge is 2.32. The summed E-state index contributed by atoms with van der Waals surface area (Å²) in [5.74, 6) is 0.773. The number of amides is 1. The first-order chi connectivity index (χ1) is 18.3. The van der Waals surface area contributed by atoms with Crippen molar-refractivity contribution in [1.82, 2.24) is 25.2 Å². The molecule has 1 fully saturated rings. The molecule has 1 amide bonds. The summed E-state index contributed by atoms with van der Waals surface area (Å²) >= 11 is 0. The van der Waals surface area contributed by atoms with E-state index in [1.807, 2.05) is 53.5 Å². The second-order valence-electron chi connectivity index (χ2n) is 10.4. The molecule has 1 aliphatic heterocycles. The Morgan fingerprint density at radius 3 is 2.85 bits per heavy atom. The average molecular weight is 549 g/mol. The molecule has 8 nitrogen and oxygen atoms in total. The molecule has 5 rings (SSSR count). The molecule has 3 aromatic rings. The van der Waals surface area contributed by atoms with E-state index in [2.05, 4.69) is 28.3 Å². The molecule has 0 spiro atoms. The summed E-state index contributed by atoms with van der Waals surface area (Å²) in [7, 11) is 0. The van der Waals surface area contributed by atoms with Gasteiger partial charge in [0.05, 0.1) is 17.1 Å². The third kappa shape index (κ3) is 6.47. The van der Waals surface area contributed by atoms with Crippen LogP contribution < -0.4 is 11.1 Å². The van der Waals surface area contributed by atoms with Crippen LogP contribution in [0.3, 0.4) is 0 Å². The number of nitrogens with one attached hydrogen (secondary N) is 2. The highest BCUT2D eigenvalue weighted by molar-refractivity contribution is 5.94. The first-order valence-corrected chi connectivity index (χ1v) is 13.3. The van der Waals surface area contributed by atoms with E-state index < -0.39 is 5.72 Å². The van der Waals surface area contributed by atoms with Crippen molar-refractivity contribution in [2.75, 3.05) is 13.1 Å². The monoisotopic (exact) mass is 548 g/mol. The molecule has 0 bridgehead atoms. The lowest BCUT2D eigenvalue weighted by molar-refractivity contribution is -0.127. The van der Waals surface area contributed by atoms with Gasteiger partial charge in [-0.25, -0.2) is 4.98 Å². The average Bonchev–Trinajstić information content (AvgIpc) is 3.48. The molecule has 1 aromatic carbocycles. The zero-order valence-corrected chi connectivity index (χ0v) is 23.2. The molecule has 9 heteroatoms. The fourth-order valence-corrected chi connectivity index (χ4v) is 5.34. The van der Waals surface area contributed by atoms with Gasteiger partial charge in [-0.15, -0.1) is 12.4 Å². The molecule has 3 heterocycles. The minimum Gasteiger partial charge on any atom is -0.372 e. The lowest BCUT2D eigenvalue weighted by Crippen LogP contribution is -2.46. The Balaban J connectivity index is 0.00000353. The fraction of sp³-hybridized carbons (Fsp3) is 0.367. The number of nitrogens with zero attached hydrogens (tertiary/aromatic N) is 3. The van der Waals surface area contributed by atoms with Crippen molar-refractivity contribution in [3.8, 4) is 0 Å². The van der Waals surface area contributed by atoms with Crippen LogP contribution in [0.1, 0.15) is 49.2 Å². The maximum atomic E-state index is 13.2. The van der Waals surface area contributed by atoms with Gasteiger partial charge in [-0.05, 0) is 80.5 Å². The van der Waals surface area contributed by atoms with Crippen molar-refractivity contribution in [3.63, 3.8) is 0 Å². The quantitative estimate of drug-likeness (QED) is 0.315. The Labute approximate surface area is 235 Å². The van der Waals surface area contributed by atoms with Crippen molar-refractivity contribution in [2.24, 2.45) is 5.73 Å². The fourth-order valence-electron chi connectivity index (χ4n) is 5.34. The number of aromatic nitrogens is 3. The van der Waals surface area contributed by atoms with Gasteiger partial charge in [0.2, 0.25) is 5.91 Å². The SMILES string of the molecule is Cc1ccc2nc([C@H](Cc3ccncc3)NC(C)(O)C3=CC=C(C(=O)N4CCCC4CN)CC=C3)[nH]c2c1.Cl. The number of fused-ring (bicyclic) bond motifs is 1. The number of likely N-dealkylation sites (tertiary alicyclic amines) is 1. The molecule has 2 aromatic heterocycles. The van der Waals surface area contributed by atoms with E-state index >= 15 is 0 Å². The van der Waals surface area contributed by atoms with Gasteiger partial charge in [0.1, 0.15) is 11.5 Å². The van der Waals surface area contributed by atoms with Gasteiger partial charge < -0.3 is 20.7 Å². The third-order valence-corrected chi connectivity index (χ3v) is 7.48. The Bertz CT molecular complexity index is 1390. The van der Waals surface area contributed by atoms with Gasteiger partial charge in [0, 0.05) is 37.1 Å². The van der Waals surface area contributed by atoms with Gasteiger partial charge >= 0.3 is 0 Å². The second-order valence-corrected chi connectivity index (χ2v) is 10.4. The number of allylic oxidation sites excluding steroid dienone is 3. The number of nitrogens with two attached hydrogens (primary N) is 1. The number of aliphatic hydroxyl groups is 1. The summed E-state index contributed by atoms with van der Waals surface area (Å²) in [4.78, 5) is 27.5. The Morgan fingerprint density at radius 2 is 2.08 bits per heavy atom. The summed E-state index contributed by atoms with van der Waals surface area (Å²) in [6.07, 6.45) is 14.1. The van der Waals surface area contributed by atoms with Crippen LogP contribution in [0, 0.1) is 6.92 Å². The normalized spacial score (nSPS) is 19.6. The van der Waals surface area contributed by atoms with E-state index in [1.165, 1.54) is 0 Å². The summed E-state index contributed by atoms with van der Waals surface area (Å²) in [5.41, 5.74) is 9.94. The molecule has 206 valence electrons. The van der Waals surface area contributed by atoms with E-state index in [9.17, 15) is 9.90 Å². The zero-order chi connectivity index (χ0) is 26.7. The van der Waals surface area contributed by atoms with Gasteiger partial charge in [0.15, 0.2) is 0 Å². The summed E-state index contributed by atoms with van der Waals surface area (Å²) in [6, 6.07) is 9.84. The number of imidazole rings is 1. The van der Waals surface area contributed by atoms with Crippen molar-refractivity contribution in [2.45, 2.75) is 57.3 Å². The van der Waals surface area contributed by atoms with E-state index in [1.54, 1.807) is 19.3 Å². The summed E-state index contributed by atoms with van der Waals surface area (Å²) in [5, 5.41) is 15.1. The van der Waals surface area contributed by atoms with Crippen LogP contribution >= 0.6 is 12.4 Å². The predicted molar refractivity (Wildman–Crippen MR) is 156 cm³/mol. The van der Waals surface area contributed by atoms with E-state index in [0.717, 1.165) is 47.4 Å². The number of hydrogen-bond donors (Lipinski definition) is 4. The van der Waals surface area contributed by atoms with Crippen LogP contribution in [0.15, 0.2) is 78.2 Å². The van der Waals surface area contributed by atoms with Crippen LogP contribution in [0.5, 0.6) is 0 Å². The van der Waals surface area contributed by atoms with Crippen molar-refractivity contribution in [3.05, 3.63) is 95.1 Å².